The second kappa shape index (κ2) is 7.63. The van der Waals surface area contributed by atoms with Gasteiger partial charge in [0, 0.05) is 29.9 Å². The van der Waals surface area contributed by atoms with Crippen molar-refractivity contribution in [2.24, 2.45) is 12.2 Å². The number of amides is 1. The van der Waals surface area contributed by atoms with Gasteiger partial charge in [-0.2, -0.15) is 0 Å². The van der Waals surface area contributed by atoms with Crippen molar-refractivity contribution >= 4 is 16.8 Å². The van der Waals surface area contributed by atoms with Crippen molar-refractivity contribution in [3.63, 3.8) is 0 Å². The Bertz CT molecular complexity index is 974. The number of hydrogen-bond acceptors (Lipinski definition) is 3. The lowest BCUT2D eigenvalue weighted by atomic mass is 10.1. The maximum atomic E-state index is 12.8. The average Bonchev–Trinajstić information content (AvgIpc) is 2.99. The minimum atomic E-state index is -0.326. The summed E-state index contributed by atoms with van der Waals surface area (Å²) >= 11 is 0. The molecule has 0 unspecified atom stereocenters. The van der Waals surface area contributed by atoms with Crippen LogP contribution in [0.5, 0.6) is 5.75 Å². The molecule has 0 fully saturated rings. The molecule has 3 aromatic rings. The molecule has 0 radical (unpaired) electrons. The summed E-state index contributed by atoms with van der Waals surface area (Å²) in [6, 6.07) is 16.2. The number of aromatic hydroxyl groups is 1. The van der Waals surface area contributed by atoms with Gasteiger partial charge in [0.2, 0.25) is 0 Å². The van der Waals surface area contributed by atoms with E-state index in [1.807, 2.05) is 36.4 Å². The largest absolute Gasteiger partial charge is 0.507 e. The molecule has 1 atom stereocenters. The number of benzene rings is 2. The number of hydrogen-bond donors (Lipinski definition) is 2. The molecule has 1 amide bonds. The Morgan fingerprint density at radius 3 is 2.73 bits per heavy atom. The van der Waals surface area contributed by atoms with Gasteiger partial charge in [0.15, 0.2) is 0 Å². The van der Waals surface area contributed by atoms with E-state index >= 15 is 0 Å². The predicted octanol–water partition coefficient (Wildman–Crippen LogP) is 3.54. The normalized spacial score (nSPS) is 11.7. The summed E-state index contributed by atoms with van der Waals surface area (Å²) in [7, 11) is 1.77. The Morgan fingerprint density at radius 1 is 1.27 bits per heavy atom. The van der Waals surface area contributed by atoms with E-state index in [1.165, 1.54) is 0 Å². The molecule has 2 aromatic carbocycles. The molecule has 0 aliphatic heterocycles. The van der Waals surface area contributed by atoms with Crippen molar-refractivity contribution in [1.29, 1.82) is 0 Å². The summed E-state index contributed by atoms with van der Waals surface area (Å²) in [4.78, 5) is 15.6. The molecule has 1 heterocycles. The van der Waals surface area contributed by atoms with E-state index < -0.39 is 0 Å². The fraction of sp³-hybridized carbons (Fsp3) is 0.211. The van der Waals surface area contributed by atoms with Crippen LogP contribution in [0.3, 0.4) is 0 Å². The van der Waals surface area contributed by atoms with Crippen LogP contribution < -0.4 is 5.32 Å². The number of phenolic OH excluding ortho intramolecular Hbond substituents is 1. The number of azide groups is 1. The third kappa shape index (κ3) is 3.63. The Balaban J connectivity index is 1.84. The van der Waals surface area contributed by atoms with Crippen LogP contribution in [0.2, 0.25) is 0 Å². The second-order valence-corrected chi connectivity index (χ2v) is 6.07. The molecule has 7 heteroatoms. The molecule has 0 saturated heterocycles. The van der Waals surface area contributed by atoms with Crippen LogP contribution in [0.4, 0.5) is 0 Å². The van der Waals surface area contributed by atoms with Crippen molar-refractivity contribution in [3.05, 3.63) is 76.3 Å². The molecule has 2 N–H and O–H groups in total. The molecular weight excluding hydrogens is 330 g/mol. The SMILES string of the molecule is Cn1c(C(=O)N[C@@H](CN=[N+]=[N-])Cc2ccccc2)cc2c(O)cccc21. The molecule has 0 aliphatic carbocycles. The quantitative estimate of drug-likeness (QED) is 0.404. The highest BCUT2D eigenvalue weighted by Crippen LogP contribution is 2.27. The van der Waals surface area contributed by atoms with Crippen LogP contribution in [0.25, 0.3) is 21.3 Å². The van der Waals surface area contributed by atoms with E-state index in [4.69, 9.17) is 5.53 Å². The van der Waals surface area contributed by atoms with Gasteiger partial charge in [-0.05, 0) is 35.7 Å². The molecule has 1 aromatic heterocycles. The van der Waals surface area contributed by atoms with Crippen molar-refractivity contribution in [2.45, 2.75) is 12.5 Å². The molecule has 0 spiro atoms. The lowest BCUT2D eigenvalue weighted by molar-refractivity contribution is 0.0930. The first-order valence-corrected chi connectivity index (χ1v) is 8.23. The Hall–Kier alpha value is -3.44. The Morgan fingerprint density at radius 2 is 2.04 bits per heavy atom. The van der Waals surface area contributed by atoms with Crippen LogP contribution in [-0.4, -0.2) is 28.2 Å². The monoisotopic (exact) mass is 349 g/mol. The minimum Gasteiger partial charge on any atom is -0.507 e. The maximum Gasteiger partial charge on any atom is 0.268 e. The standard InChI is InChI=1S/C19H19N5O2/c1-24-16-8-5-9-18(25)15(16)11-17(24)19(26)22-14(12-21-23-20)10-13-6-3-2-4-7-13/h2-9,11,14,25H,10,12H2,1H3,(H,22,26)/t14-/m1/s1. The van der Waals surface area contributed by atoms with Crippen LogP contribution in [0.15, 0.2) is 59.7 Å². The number of aryl methyl sites for hydroxylation is 1. The van der Waals surface area contributed by atoms with Gasteiger partial charge in [0.05, 0.1) is 5.52 Å². The van der Waals surface area contributed by atoms with Crippen LogP contribution in [0.1, 0.15) is 16.1 Å². The Labute approximate surface area is 150 Å². The molecule has 0 aliphatic rings. The molecular formula is C19H19N5O2. The zero-order valence-corrected chi connectivity index (χ0v) is 14.3. The molecule has 0 saturated carbocycles. The van der Waals surface area contributed by atoms with Crippen molar-refractivity contribution in [3.8, 4) is 5.75 Å². The third-order valence-corrected chi connectivity index (χ3v) is 4.32. The van der Waals surface area contributed by atoms with E-state index in [9.17, 15) is 9.90 Å². The summed E-state index contributed by atoms with van der Waals surface area (Å²) < 4.78 is 1.73. The topological polar surface area (TPSA) is 103 Å². The average molecular weight is 349 g/mol. The van der Waals surface area contributed by atoms with Gasteiger partial charge in [0.1, 0.15) is 11.4 Å². The summed E-state index contributed by atoms with van der Waals surface area (Å²) in [6.07, 6.45) is 0.556. The van der Waals surface area contributed by atoms with Crippen molar-refractivity contribution in [2.75, 3.05) is 6.54 Å². The second-order valence-electron chi connectivity index (χ2n) is 6.07. The van der Waals surface area contributed by atoms with Crippen molar-refractivity contribution in [1.82, 2.24) is 9.88 Å². The summed E-state index contributed by atoms with van der Waals surface area (Å²) in [5.41, 5.74) is 10.9. The van der Waals surface area contributed by atoms with E-state index in [2.05, 4.69) is 15.3 Å². The highest BCUT2D eigenvalue weighted by molar-refractivity contribution is 6.00. The smallest absolute Gasteiger partial charge is 0.268 e. The lowest BCUT2D eigenvalue weighted by Gasteiger charge is -2.17. The molecule has 7 nitrogen and oxygen atoms in total. The fourth-order valence-electron chi connectivity index (χ4n) is 3.02. The summed E-state index contributed by atoms with van der Waals surface area (Å²) in [5.74, 6) is -0.149. The zero-order chi connectivity index (χ0) is 18.5. The first-order chi connectivity index (χ1) is 12.6. The van der Waals surface area contributed by atoms with Gasteiger partial charge < -0.3 is 15.0 Å². The number of carbonyl (C=O) groups excluding carboxylic acids is 1. The van der Waals surface area contributed by atoms with Gasteiger partial charge in [-0.15, -0.1) is 0 Å². The van der Waals surface area contributed by atoms with Crippen LogP contribution in [-0.2, 0) is 13.5 Å². The number of rotatable bonds is 6. The van der Waals surface area contributed by atoms with Gasteiger partial charge >= 0.3 is 0 Å². The number of carbonyl (C=O) groups is 1. The zero-order valence-electron chi connectivity index (χ0n) is 14.3. The number of nitrogens with zero attached hydrogens (tertiary/aromatic N) is 4. The first-order valence-electron chi connectivity index (χ1n) is 8.23. The highest BCUT2D eigenvalue weighted by atomic mass is 16.3. The van der Waals surface area contributed by atoms with Gasteiger partial charge in [-0.1, -0.05) is 41.5 Å². The van der Waals surface area contributed by atoms with Gasteiger partial charge in [-0.25, -0.2) is 0 Å². The van der Waals surface area contributed by atoms with Gasteiger partial charge in [0.25, 0.3) is 5.91 Å². The van der Waals surface area contributed by atoms with Crippen LogP contribution >= 0.6 is 0 Å². The van der Waals surface area contributed by atoms with Crippen LogP contribution in [0, 0.1) is 0 Å². The van der Waals surface area contributed by atoms with Crippen molar-refractivity contribution < 1.29 is 9.90 Å². The summed E-state index contributed by atoms with van der Waals surface area (Å²) in [6.45, 7) is 0.159. The maximum absolute atomic E-state index is 12.8. The number of nitrogens with one attached hydrogen (secondary N) is 1. The molecule has 3 rings (SSSR count). The highest BCUT2D eigenvalue weighted by Gasteiger charge is 2.18. The minimum absolute atomic E-state index is 0.132. The van der Waals surface area contributed by atoms with E-state index in [-0.39, 0.29) is 24.2 Å². The van der Waals surface area contributed by atoms with E-state index in [0.717, 1.165) is 11.1 Å². The number of fused-ring (bicyclic) bond motifs is 1. The molecule has 26 heavy (non-hydrogen) atoms. The van der Waals surface area contributed by atoms with E-state index in [1.54, 1.807) is 29.8 Å². The third-order valence-electron chi connectivity index (χ3n) is 4.32. The lowest BCUT2D eigenvalue weighted by Crippen LogP contribution is -2.39. The molecule has 0 bridgehead atoms. The predicted molar refractivity (Wildman–Crippen MR) is 100.0 cm³/mol. The summed E-state index contributed by atoms with van der Waals surface area (Å²) in [5, 5.41) is 17.1. The number of phenols is 1. The van der Waals surface area contributed by atoms with Gasteiger partial charge in [-0.3, -0.25) is 4.79 Å². The first kappa shape index (κ1) is 17.4. The molecule has 132 valence electrons. The number of aromatic nitrogens is 1. The fourth-order valence-corrected chi connectivity index (χ4v) is 3.02. The Kier molecular flexibility index (Phi) is 5.10. The van der Waals surface area contributed by atoms with E-state index in [0.29, 0.717) is 17.5 Å².